The molecule has 1 atom stereocenters. The summed E-state index contributed by atoms with van der Waals surface area (Å²) in [6.45, 7) is 3.17. The van der Waals surface area contributed by atoms with Crippen LogP contribution in [0, 0.1) is 17.0 Å². The Bertz CT molecular complexity index is 878. The highest BCUT2D eigenvalue weighted by Crippen LogP contribution is 2.33. The number of amides is 2. The van der Waals surface area contributed by atoms with E-state index in [1.807, 2.05) is 24.3 Å². The lowest BCUT2D eigenvalue weighted by Gasteiger charge is -2.23. The van der Waals surface area contributed by atoms with Crippen molar-refractivity contribution in [1.29, 1.82) is 0 Å². The van der Waals surface area contributed by atoms with Gasteiger partial charge in [0, 0.05) is 31.2 Å². The lowest BCUT2D eigenvalue weighted by molar-refractivity contribution is -0.384. The summed E-state index contributed by atoms with van der Waals surface area (Å²) in [6, 6.07) is 11.0. The Hall–Kier alpha value is -3.22. The van der Waals surface area contributed by atoms with Crippen LogP contribution in [-0.4, -0.2) is 22.8 Å². The first-order valence-electron chi connectivity index (χ1n) is 7.82. The molecular formula is C18H17N3O4. The van der Waals surface area contributed by atoms with Crippen molar-refractivity contribution in [2.24, 2.45) is 0 Å². The van der Waals surface area contributed by atoms with Gasteiger partial charge in [-0.1, -0.05) is 24.3 Å². The van der Waals surface area contributed by atoms with Crippen LogP contribution in [0.25, 0.3) is 0 Å². The van der Waals surface area contributed by atoms with Gasteiger partial charge in [-0.05, 0) is 24.1 Å². The van der Waals surface area contributed by atoms with E-state index in [1.54, 1.807) is 13.0 Å². The summed E-state index contributed by atoms with van der Waals surface area (Å²) in [5, 5.41) is 13.7. The third-order valence-electron chi connectivity index (χ3n) is 4.31. The lowest BCUT2D eigenvalue weighted by Crippen LogP contribution is -2.44. The summed E-state index contributed by atoms with van der Waals surface area (Å²) >= 11 is 0. The van der Waals surface area contributed by atoms with Gasteiger partial charge in [0.25, 0.3) is 5.69 Å². The maximum atomic E-state index is 12.8. The molecule has 1 heterocycles. The molecule has 7 nitrogen and oxygen atoms in total. The first kappa shape index (κ1) is 16.6. The summed E-state index contributed by atoms with van der Waals surface area (Å²) in [5.41, 5.74) is 2.64. The van der Waals surface area contributed by atoms with Crippen LogP contribution >= 0.6 is 0 Å². The van der Waals surface area contributed by atoms with Gasteiger partial charge in [0.1, 0.15) is 6.04 Å². The van der Waals surface area contributed by atoms with Crippen LogP contribution in [0.4, 0.5) is 17.1 Å². The highest BCUT2D eigenvalue weighted by atomic mass is 16.6. The summed E-state index contributed by atoms with van der Waals surface area (Å²) in [4.78, 5) is 36.7. The van der Waals surface area contributed by atoms with Gasteiger partial charge in [-0.3, -0.25) is 24.6 Å². The molecule has 0 saturated carbocycles. The molecule has 2 amide bonds. The molecule has 0 unspecified atom stereocenters. The minimum absolute atomic E-state index is 0.0981. The molecule has 0 bridgehead atoms. The molecule has 2 aromatic carbocycles. The van der Waals surface area contributed by atoms with Crippen LogP contribution in [0.2, 0.25) is 0 Å². The number of carbonyl (C=O) groups excluding carboxylic acids is 2. The van der Waals surface area contributed by atoms with Crippen LogP contribution < -0.4 is 10.2 Å². The van der Waals surface area contributed by atoms with Crippen LogP contribution in [0.1, 0.15) is 18.1 Å². The Kier molecular flexibility index (Phi) is 4.22. The number of anilines is 2. The van der Waals surface area contributed by atoms with Crippen molar-refractivity contribution in [3.8, 4) is 0 Å². The maximum Gasteiger partial charge on any atom is 0.271 e. The molecule has 0 saturated heterocycles. The van der Waals surface area contributed by atoms with Crippen LogP contribution in [-0.2, 0) is 16.0 Å². The van der Waals surface area contributed by atoms with Crippen molar-refractivity contribution in [3.05, 3.63) is 63.7 Å². The van der Waals surface area contributed by atoms with E-state index >= 15 is 0 Å². The van der Waals surface area contributed by atoms with Crippen molar-refractivity contribution in [2.45, 2.75) is 26.3 Å². The van der Waals surface area contributed by atoms with E-state index in [0.717, 1.165) is 11.3 Å². The molecule has 2 aromatic rings. The number of nitrogens with one attached hydrogen (secondary N) is 1. The molecule has 0 aromatic heterocycles. The maximum absolute atomic E-state index is 12.8. The molecule has 0 fully saturated rings. The topological polar surface area (TPSA) is 92.6 Å². The van der Waals surface area contributed by atoms with Gasteiger partial charge in [0.05, 0.1) is 10.6 Å². The smallest absolute Gasteiger partial charge is 0.271 e. The number of rotatable bonds is 3. The number of aryl methyl sites for hydroxylation is 1. The standard InChI is InChI=1S/C18H17N3O4/c1-11-7-8-14(21(24)25)10-15(11)19-18(23)17-9-13-5-3-4-6-16(13)20(17)12(2)22/h3-8,10,17H,9H2,1-2H3,(H,19,23)/t17-/m0/s1. The van der Waals surface area contributed by atoms with Gasteiger partial charge < -0.3 is 5.32 Å². The van der Waals surface area contributed by atoms with E-state index in [1.165, 1.54) is 24.0 Å². The zero-order valence-electron chi connectivity index (χ0n) is 13.9. The van der Waals surface area contributed by atoms with E-state index in [2.05, 4.69) is 5.32 Å². The molecule has 1 aliphatic heterocycles. The number of nitrogens with zero attached hydrogens (tertiary/aromatic N) is 2. The Morgan fingerprint density at radius 1 is 1.24 bits per heavy atom. The van der Waals surface area contributed by atoms with E-state index in [0.29, 0.717) is 17.7 Å². The monoisotopic (exact) mass is 339 g/mol. The van der Waals surface area contributed by atoms with Crippen LogP contribution in [0.5, 0.6) is 0 Å². The summed E-state index contributed by atoms with van der Waals surface area (Å²) in [7, 11) is 0. The molecule has 0 radical (unpaired) electrons. The largest absolute Gasteiger partial charge is 0.324 e. The minimum atomic E-state index is -0.673. The third-order valence-corrected chi connectivity index (χ3v) is 4.31. The molecule has 0 aliphatic carbocycles. The number of nitro benzene ring substituents is 1. The minimum Gasteiger partial charge on any atom is -0.324 e. The summed E-state index contributed by atoms with van der Waals surface area (Å²) in [5.74, 6) is -0.587. The molecule has 0 spiro atoms. The van der Waals surface area contributed by atoms with Crippen molar-refractivity contribution in [1.82, 2.24) is 0 Å². The number of hydrogen-bond acceptors (Lipinski definition) is 4. The first-order valence-corrected chi connectivity index (χ1v) is 7.82. The van der Waals surface area contributed by atoms with Crippen LogP contribution in [0.15, 0.2) is 42.5 Å². The van der Waals surface area contributed by atoms with Gasteiger partial charge in [-0.2, -0.15) is 0 Å². The molecule has 1 aliphatic rings. The quantitative estimate of drug-likeness (QED) is 0.687. The lowest BCUT2D eigenvalue weighted by atomic mass is 10.1. The van der Waals surface area contributed by atoms with Crippen molar-refractivity contribution < 1.29 is 14.5 Å². The summed E-state index contributed by atoms with van der Waals surface area (Å²) in [6.07, 6.45) is 0.412. The fourth-order valence-electron chi connectivity index (χ4n) is 3.06. The van der Waals surface area contributed by atoms with Gasteiger partial charge >= 0.3 is 0 Å². The predicted molar refractivity (Wildman–Crippen MR) is 93.6 cm³/mol. The normalized spacial score (nSPS) is 15.6. The number of para-hydroxylation sites is 1. The van der Waals surface area contributed by atoms with Gasteiger partial charge in [-0.15, -0.1) is 0 Å². The Balaban J connectivity index is 1.88. The fourth-order valence-corrected chi connectivity index (χ4v) is 3.06. The molecule has 25 heavy (non-hydrogen) atoms. The average molecular weight is 339 g/mol. The van der Waals surface area contributed by atoms with Gasteiger partial charge in [0.2, 0.25) is 11.8 Å². The van der Waals surface area contributed by atoms with E-state index in [9.17, 15) is 19.7 Å². The van der Waals surface area contributed by atoms with Crippen molar-refractivity contribution in [2.75, 3.05) is 10.2 Å². The molecule has 128 valence electrons. The second-order valence-electron chi connectivity index (χ2n) is 5.98. The number of carbonyl (C=O) groups is 2. The number of benzene rings is 2. The zero-order chi connectivity index (χ0) is 18.1. The second kappa shape index (κ2) is 6.35. The number of hydrogen-bond donors (Lipinski definition) is 1. The number of nitro groups is 1. The summed E-state index contributed by atoms with van der Waals surface area (Å²) < 4.78 is 0. The molecule has 7 heteroatoms. The Morgan fingerprint density at radius 2 is 1.96 bits per heavy atom. The van der Waals surface area contributed by atoms with E-state index in [-0.39, 0.29) is 17.5 Å². The molecular weight excluding hydrogens is 322 g/mol. The fraction of sp³-hybridized carbons (Fsp3) is 0.222. The van der Waals surface area contributed by atoms with Gasteiger partial charge in [0.15, 0.2) is 0 Å². The van der Waals surface area contributed by atoms with Crippen molar-refractivity contribution in [3.63, 3.8) is 0 Å². The van der Waals surface area contributed by atoms with Gasteiger partial charge in [-0.25, -0.2) is 0 Å². The van der Waals surface area contributed by atoms with Crippen LogP contribution in [0.3, 0.4) is 0 Å². The number of non-ortho nitro benzene ring substituents is 1. The highest BCUT2D eigenvalue weighted by molar-refractivity contribution is 6.06. The third kappa shape index (κ3) is 3.08. The Morgan fingerprint density at radius 3 is 2.64 bits per heavy atom. The number of fused-ring (bicyclic) bond motifs is 1. The molecule has 3 rings (SSSR count). The van der Waals surface area contributed by atoms with Crippen molar-refractivity contribution >= 4 is 28.9 Å². The SMILES string of the molecule is CC(=O)N1c2ccccc2C[C@H]1C(=O)Nc1cc([N+](=O)[O-])ccc1C. The Labute approximate surface area is 144 Å². The second-order valence-corrected chi connectivity index (χ2v) is 5.98. The zero-order valence-corrected chi connectivity index (χ0v) is 13.9. The predicted octanol–water partition coefficient (Wildman–Crippen LogP) is 2.82. The van der Waals surface area contributed by atoms with E-state index in [4.69, 9.17) is 0 Å². The highest BCUT2D eigenvalue weighted by Gasteiger charge is 2.36. The average Bonchev–Trinajstić information content (AvgIpc) is 2.96. The first-order chi connectivity index (χ1) is 11.9. The molecule has 1 N–H and O–H groups in total. The van der Waals surface area contributed by atoms with E-state index < -0.39 is 11.0 Å².